The van der Waals surface area contributed by atoms with Gasteiger partial charge in [-0.3, -0.25) is 48.9 Å². The maximum atomic E-state index is 12.3. The van der Waals surface area contributed by atoms with Gasteiger partial charge in [-0.1, -0.05) is 196 Å². The monoisotopic (exact) mass is 1690 g/mol. The quantitative estimate of drug-likeness (QED) is 0.0360. The summed E-state index contributed by atoms with van der Waals surface area (Å²) >= 11 is 0. The number of aliphatic hydroxyl groups excluding tert-OH is 1. The molecule has 19 nitrogen and oxygen atoms in total. The van der Waals surface area contributed by atoms with Gasteiger partial charge in [0.15, 0.2) is 0 Å². The number of rotatable bonds is 41. The summed E-state index contributed by atoms with van der Waals surface area (Å²) in [4.78, 5) is 99.9. The molecule has 0 amide bonds. The summed E-state index contributed by atoms with van der Waals surface area (Å²) in [6.45, 7) is 41.0. The number of benzene rings is 5. The Balaban J connectivity index is 0.000000273. The van der Waals surface area contributed by atoms with Gasteiger partial charge in [-0.15, -0.1) is 0 Å². The Morgan fingerprint density at radius 1 is 0.347 bits per heavy atom. The maximum Gasteiger partial charge on any atom is 0.373 e. The topological polar surface area (TPSA) is 271 Å². The zero-order chi connectivity index (χ0) is 91.1. The summed E-state index contributed by atoms with van der Waals surface area (Å²) in [6, 6.07) is 59.4. The van der Waals surface area contributed by atoms with Crippen molar-refractivity contribution in [3.05, 3.63) is 304 Å². The highest BCUT2D eigenvalue weighted by molar-refractivity contribution is 5.84. The number of hydrogen-bond acceptors (Lipinski definition) is 19. The number of pyridine rings is 5. The normalized spacial score (nSPS) is 12.2. The smallest absolute Gasteiger partial charge is 0.373 e. The van der Waals surface area contributed by atoms with Gasteiger partial charge in [-0.2, -0.15) is 9.59 Å². The van der Waals surface area contributed by atoms with Gasteiger partial charge >= 0.3 is 6.15 Å². The van der Waals surface area contributed by atoms with Crippen molar-refractivity contribution >= 4 is 40.6 Å². The van der Waals surface area contributed by atoms with Crippen molar-refractivity contribution in [3.8, 4) is 28.7 Å². The third-order valence-corrected chi connectivity index (χ3v) is 20.6. The van der Waals surface area contributed by atoms with Crippen molar-refractivity contribution in [1.82, 2.24) is 24.9 Å². The summed E-state index contributed by atoms with van der Waals surface area (Å²) in [7, 11) is 0. The SMILES string of the molecule is C=C(C)c1ccc(CC(=O)C[C@H](C)c2ccc(OCC)cn2)cc1.CCOc1ccc([C@@H](C)CC(=O)Cc2ccc(C(C)(C)O)cc2)nc1.CCOc1ccc([C@@H](C)CC(=O)Cc2ccc(C(C)C)cc2)nc1.CCOc1ccc([C@@H](C)CC(=O)Cc2ccc(C(C)CO)cc2)nc1.CCOc1ccc([C@@H](C)CC(=O)Cc2ccc(CC)cc2)nc1.O=C=O. The number of aliphatic hydroxyl groups is 2. The molecule has 124 heavy (non-hydrogen) atoms. The summed E-state index contributed by atoms with van der Waals surface area (Å²) in [5.41, 5.74) is 15.6. The van der Waals surface area contributed by atoms with Crippen LogP contribution in [0.5, 0.6) is 28.7 Å². The van der Waals surface area contributed by atoms with E-state index in [4.69, 9.17) is 33.3 Å². The van der Waals surface area contributed by atoms with Crippen LogP contribution < -0.4 is 23.7 Å². The van der Waals surface area contributed by atoms with Crippen LogP contribution in [0.4, 0.5) is 0 Å². The first kappa shape index (κ1) is 103. The van der Waals surface area contributed by atoms with E-state index < -0.39 is 5.60 Å². The van der Waals surface area contributed by atoms with Gasteiger partial charge in [0.25, 0.3) is 0 Å². The van der Waals surface area contributed by atoms with Gasteiger partial charge in [0.2, 0.25) is 0 Å². The lowest BCUT2D eigenvalue weighted by Crippen LogP contribution is -2.15. The lowest BCUT2D eigenvalue weighted by Gasteiger charge is -2.18. The zero-order valence-corrected chi connectivity index (χ0v) is 76.0. The Morgan fingerprint density at radius 2 is 0.573 bits per heavy atom. The van der Waals surface area contributed by atoms with Crippen LogP contribution in [0.2, 0.25) is 0 Å². The number of carbonyl (C=O) groups is 5. The minimum absolute atomic E-state index is 0.0684. The molecule has 0 radical (unpaired) electrons. The van der Waals surface area contributed by atoms with Crippen molar-refractivity contribution in [2.75, 3.05) is 39.6 Å². The number of aryl methyl sites for hydroxylation is 1. The lowest BCUT2D eigenvalue weighted by atomic mass is 9.94. The van der Waals surface area contributed by atoms with E-state index >= 15 is 0 Å². The van der Waals surface area contributed by atoms with Crippen LogP contribution in [0.25, 0.3) is 5.57 Å². The Hall–Kier alpha value is -11.8. The molecule has 0 aliphatic rings. The van der Waals surface area contributed by atoms with E-state index in [0.717, 1.165) is 114 Å². The van der Waals surface area contributed by atoms with E-state index in [2.05, 4.69) is 101 Å². The van der Waals surface area contributed by atoms with Gasteiger partial charge in [0.1, 0.15) is 57.7 Å². The molecule has 0 aliphatic heterocycles. The number of Topliss-reactive ketones (excluding diaryl/α,β-unsaturated/α-hetero) is 5. The molecular weight excluding hydrogens is 1560 g/mol. The first-order chi connectivity index (χ1) is 59.3. The van der Waals surface area contributed by atoms with E-state index in [1.54, 1.807) is 44.8 Å². The molecule has 0 saturated heterocycles. The van der Waals surface area contributed by atoms with Crippen molar-refractivity contribution in [2.45, 2.75) is 235 Å². The second-order valence-corrected chi connectivity index (χ2v) is 32.1. The van der Waals surface area contributed by atoms with E-state index in [-0.39, 0.29) is 77.2 Å². The number of aromatic nitrogens is 5. The van der Waals surface area contributed by atoms with Crippen LogP contribution >= 0.6 is 0 Å². The average Bonchev–Trinajstić information content (AvgIpc) is 0.851. The van der Waals surface area contributed by atoms with Gasteiger partial charge in [0, 0.05) is 135 Å². The number of carbonyl (C=O) groups excluding carboxylic acids is 7. The molecule has 5 aromatic heterocycles. The predicted molar refractivity (Wildman–Crippen MR) is 492 cm³/mol. The molecule has 0 saturated carbocycles. The zero-order valence-electron chi connectivity index (χ0n) is 76.0. The van der Waals surface area contributed by atoms with E-state index in [1.165, 1.54) is 11.1 Å². The van der Waals surface area contributed by atoms with E-state index in [1.807, 2.05) is 217 Å². The van der Waals surface area contributed by atoms with Crippen LogP contribution in [-0.4, -0.2) is 110 Å². The Bertz CT molecular complexity index is 4820. The minimum atomic E-state index is -0.865. The molecule has 5 heterocycles. The van der Waals surface area contributed by atoms with E-state index in [9.17, 15) is 34.2 Å². The molecule has 5 aromatic carbocycles. The van der Waals surface area contributed by atoms with Crippen LogP contribution in [0, 0.1) is 0 Å². The molecule has 0 bridgehead atoms. The molecular formula is C105H131N5O14. The van der Waals surface area contributed by atoms with Crippen molar-refractivity contribution in [3.63, 3.8) is 0 Å². The summed E-state index contributed by atoms with van der Waals surface area (Å²) in [5, 5.41) is 19.2. The number of ketones is 5. The van der Waals surface area contributed by atoms with Crippen LogP contribution in [0.3, 0.4) is 0 Å². The average molecular weight is 1690 g/mol. The van der Waals surface area contributed by atoms with Crippen molar-refractivity contribution < 1.29 is 67.5 Å². The summed E-state index contributed by atoms with van der Waals surface area (Å²) in [5.74, 6) is 6.01. The summed E-state index contributed by atoms with van der Waals surface area (Å²) in [6.07, 6.45) is 14.5. The molecule has 2 N–H and O–H groups in total. The molecule has 0 fully saturated rings. The second-order valence-electron chi connectivity index (χ2n) is 32.1. The standard InChI is InChI=1S/2C21H27NO3.C21H27NO2.C21H25NO2.C20H25NO2.CO2/c1-5-25-19-10-11-20(22-14-19)15(2)12-18(23)13-16-6-8-17(9-7-16)21(3,4)24;1-4-25-20-9-10-21(22-13-20)15(2)11-19(24)12-17-5-7-18(8-6-17)16(3)14-23;2*1-5-24-20-10-11-21(22-14-20)16(4)12-19(23)13-17-6-8-18(9-7-17)15(2)3;1-4-16-6-8-17(9-7-16)13-18(22)12-15(3)20-11-10-19(14-21-20)23-5-2;2-1-3/h6-11,14-15,24H,5,12-13H2,1-4H3;5-10,13,15-16,23H,4,11-12,14H2,1-3H3;6-11,14-16H,5,12-13H2,1-4H3;6-11,14,16H,2,5,12-13H2,1,3-4H3;6-11,14-15H,4-5,12-13H2,1-3H3;/t15-;15-,16?;2*16-;15-;/m00000./s1. The van der Waals surface area contributed by atoms with Crippen molar-refractivity contribution in [2.24, 2.45) is 0 Å². The summed E-state index contributed by atoms with van der Waals surface area (Å²) < 4.78 is 27.0. The fraction of sp³-hybridized carbons (Fsp3) is 0.400. The Labute approximate surface area is 736 Å². The highest BCUT2D eigenvalue weighted by atomic mass is 16.5. The highest BCUT2D eigenvalue weighted by Gasteiger charge is 2.21. The van der Waals surface area contributed by atoms with Crippen LogP contribution in [-0.2, 0) is 77.7 Å². The molecule has 6 atom stereocenters. The Morgan fingerprint density at radius 3 is 0.774 bits per heavy atom. The highest BCUT2D eigenvalue weighted by Crippen LogP contribution is 2.29. The number of nitrogens with zero attached hydrogens (tertiary/aromatic N) is 5. The first-order valence-electron chi connectivity index (χ1n) is 43.3. The fourth-order valence-electron chi connectivity index (χ4n) is 13.3. The predicted octanol–water partition coefficient (Wildman–Crippen LogP) is 21.4. The third-order valence-electron chi connectivity index (χ3n) is 20.6. The molecule has 0 aliphatic carbocycles. The number of allylic oxidation sites excluding steroid dienone is 1. The largest absolute Gasteiger partial charge is 0.492 e. The van der Waals surface area contributed by atoms with E-state index in [0.29, 0.717) is 103 Å². The molecule has 10 aromatic rings. The lowest BCUT2D eigenvalue weighted by molar-refractivity contribution is -0.191. The molecule has 19 heteroatoms. The molecule has 660 valence electrons. The van der Waals surface area contributed by atoms with Gasteiger partial charge in [0.05, 0.1) is 69.6 Å². The van der Waals surface area contributed by atoms with Crippen LogP contribution in [0.1, 0.15) is 275 Å². The maximum absolute atomic E-state index is 12.3. The minimum Gasteiger partial charge on any atom is -0.492 e. The molecule has 0 spiro atoms. The van der Waals surface area contributed by atoms with Gasteiger partial charge in [-0.05, 0) is 184 Å². The third kappa shape index (κ3) is 38.3. The van der Waals surface area contributed by atoms with Gasteiger partial charge < -0.3 is 33.9 Å². The van der Waals surface area contributed by atoms with Crippen LogP contribution in [0.15, 0.2) is 220 Å². The molecule has 1 unspecified atom stereocenters. The fourth-order valence-corrected chi connectivity index (χ4v) is 13.3. The second kappa shape index (κ2) is 55.4. The van der Waals surface area contributed by atoms with Gasteiger partial charge in [-0.25, -0.2) is 0 Å². The Kier molecular flexibility index (Phi) is 45.9. The van der Waals surface area contributed by atoms with Crippen molar-refractivity contribution in [1.29, 1.82) is 0 Å². The number of hydrogen-bond donors (Lipinski definition) is 2. The first-order valence-corrected chi connectivity index (χ1v) is 43.3. The number of ether oxygens (including phenoxy) is 5. The molecule has 10 rings (SSSR count).